The molecule has 5 nitrogen and oxygen atoms in total. The van der Waals surface area contributed by atoms with Gasteiger partial charge in [-0.05, 0) is 58.7 Å². The molecule has 24 heavy (non-hydrogen) atoms. The Kier molecular flexibility index (Phi) is 10.8. The summed E-state index contributed by atoms with van der Waals surface area (Å²) < 4.78 is 0. The quantitative estimate of drug-likeness (QED) is 0.281. The van der Waals surface area contributed by atoms with Crippen molar-refractivity contribution in [3.63, 3.8) is 0 Å². The van der Waals surface area contributed by atoms with Gasteiger partial charge in [0.25, 0.3) is 0 Å². The molecular weight excluding hydrogens is 433 g/mol. The highest BCUT2D eigenvalue weighted by Crippen LogP contribution is 2.15. The number of hydrogen-bond donors (Lipinski definition) is 2. The lowest BCUT2D eigenvalue weighted by atomic mass is 9.99. The minimum absolute atomic E-state index is 0. The fourth-order valence-corrected chi connectivity index (χ4v) is 3.49. The van der Waals surface area contributed by atoms with Crippen LogP contribution in [0, 0.1) is 12.8 Å². The molecule has 0 aromatic carbocycles. The van der Waals surface area contributed by atoms with Crippen molar-refractivity contribution in [3.8, 4) is 0 Å². The van der Waals surface area contributed by atoms with E-state index in [2.05, 4.69) is 39.4 Å². The fourth-order valence-electron chi connectivity index (χ4n) is 2.77. The van der Waals surface area contributed by atoms with Crippen molar-refractivity contribution in [3.05, 3.63) is 16.1 Å². The summed E-state index contributed by atoms with van der Waals surface area (Å²) in [5.74, 6) is 1.82. The highest BCUT2D eigenvalue weighted by atomic mass is 127. The van der Waals surface area contributed by atoms with Crippen LogP contribution >= 0.6 is 35.3 Å². The summed E-state index contributed by atoms with van der Waals surface area (Å²) in [5.41, 5.74) is 0. The molecule has 0 spiro atoms. The number of aromatic nitrogens is 1. The third kappa shape index (κ3) is 8.11. The maximum absolute atomic E-state index is 4.64. The summed E-state index contributed by atoms with van der Waals surface area (Å²) in [6, 6.07) is 0. The summed E-state index contributed by atoms with van der Waals surface area (Å²) in [5, 5.41) is 7.86. The molecule has 2 rings (SSSR count). The molecule has 7 heteroatoms. The summed E-state index contributed by atoms with van der Waals surface area (Å²) >= 11 is 1.71. The van der Waals surface area contributed by atoms with E-state index in [-0.39, 0.29) is 24.0 Å². The minimum Gasteiger partial charge on any atom is -0.357 e. The molecule has 1 aliphatic heterocycles. The van der Waals surface area contributed by atoms with Gasteiger partial charge in [0, 0.05) is 24.2 Å². The van der Waals surface area contributed by atoms with Crippen molar-refractivity contribution in [2.45, 2.75) is 46.6 Å². The van der Waals surface area contributed by atoms with Crippen LogP contribution in [0.15, 0.2) is 11.2 Å². The number of aliphatic imine (C=N–C) groups is 1. The van der Waals surface area contributed by atoms with Crippen LogP contribution in [0.3, 0.4) is 0 Å². The van der Waals surface area contributed by atoms with Gasteiger partial charge < -0.3 is 15.5 Å². The molecule has 1 aromatic heterocycles. The second-order valence-corrected chi connectivity index (χ2v) is 7.66. The SMILES string of the molecule is CCNC(=NCc1cnc(C)s1)NCCCN1CCC(C)CC1.I. The van der Waals surface area contributed by atoms with Gasteiger partial charge >= 0.3 is 0 Å². The van der Waals surface area contributed by atoms with Crippen LogP contribution in [-0.2, 0) is 6.54 Å². The predicted octanol–water partition coefficient (Wildman–Crippen LogP) is 3.25. The van der Waals surface area contributed by atoms with Crippen LogP contribution < -0.4 is 10.6 Å². The highest BCUT2D eigenvalue weighted by Gasteiger charge is 2.14. The molecular formula is C17H32IN5S. The number of guanidine groups is 1. The monoisotopic (exact) mass is 465 g/mol. The number of nitrogens with zero attached hydrogens (tertiary/aromatic N) is 3. The van der Waals surface area contributed by atoms with Crippen LogP contribution in [0.2, 0.25) is 0 Å². The van der Waals surface area contributed by atoms with E-state index in [1.54, 1.807) is 11.3 Å². The molecule has 0 atom stereocenters. The normalized spacial score (nSPS) is 16.7. The van der Waals surface area contributed by atoms with Crippen molar-refractivity contribution in [1.82, 2.24) is 20.5 Å². The van der Waals surface area contributed by atoms with Crippen molar-refractivity contribution in [2.24, 2.45) is 10.9 Å². The molecule has 0 unspecified atom stereocenters. The van der Waals surface area contributed by atoms with Gasteiger partial charge in [-0.15, -0.1) is 35.3 Å². The van der Waals surface area contributed by atoms with Crippen LogP contribution in [-0.4, -0.2) is 48.6 Å². The van der Waals surface area contributed by atoms with Crippen LogP contribution in [0.5, 0.6) is 0 Å². The number of likely N-dealkylation sites (tertiary alicyclic amines) is 1. The number of thiazole rings is 1. The van der Waals surface area contributed by atoms with Gasteiger partial charge in [-0.25, -0.2) is 9.98 Å². The Morgan fingerprint density at radius 1 is 1.38 bits per heavy atom. The number of piperidine rings is 1. The topological polar surface area (TPSA) is 52.6 Å². The maximum atomic E-state index is 4.64. The lowest BCUT2D eigenvalue weighted by Gasteiger charge is -2.30. The molecule has 138 valence electrons. The maximum Gasteiger partial charge on any atom is 0.191 e. The van der Waals surface area contributed by atoms with Crippen LogP contribution in [0.1, 0.15) is 43.0 Å². The molecule has 0 aliphatic carbocycles. The second kappa shape index (κ2) is 12.0. The van der Waals surface area contributed by atoms with Crippen molar-refractivity contribution < 1.29 is 0 Å². The first kappa shape index (κ1) is 21.6. The molecule has 0 bridgehead atoms. The molecule has 0 radical (unpaired) electrons. The van der Waals surface area contributed by atoms with E-state index < -0.39 is 0 Å². The number of nitrogens with one attached hydrogen (secondary N) is 2. The number of rotatable bonds is 7. The van der Waals surface area contributed by atoms with E-state index in [0.29, 0.717) is 6.54 Å². The van der Waals surface area contributed by atoms with E-state index in [1.807, 2.05) is 13.1 Å². The zero-order valence-electron chi connectivity index (χ0n) is 15.2. The standard InChI is InChI=1S/C17H31N5S.HI/c1-4-18-17(21-13-16-12-20-15(3)23-16)19-8-5-9-22-10-6-14(2)7-11-22;/h12,14H,4-11,13H2,1-3H3,(H2,18,19,21);1H. The summed E-state index contributed by atoms with van der Waals surface area (Å²) in [4.78, 5) is 12.7. The molecule has 2 heterocycles. The molecule has 1 saturated heterocycles. The third-order valence-corrected chi connectivity index (χ3v) is 5.12. The lowest BCUT2D eigenvalue weighted by molar-refractivity contribution is 0.191. The number of halogens is 1. The van der Waals surface area contributed by atoms with Gasteiger partial charge in [0.2, 0.25) is 0 Å². The molecule has 0 amide bonds. The summed E-state index contributed by atoms with van der Waals surface area (Å²) in [6.45, 7) is 12.8. The molecule has 2 N–H and O–H groups in total. The Morgan fingerprint density at radius 2 is 2.12 bits per heavy atom. The zero-order chi connectivity index (χ0) is 16.5. The number of aryl methyl sites for hydroxylation is 1. The van der Waals surface area contributed by atoms with Gasteiger partial charge in [0.1, 0.15) is 0 Å². The average Bonchev–Trinajstić information content (AvgIpc) is 2.96. The fraction of sp³-hybridized carbons (Fsp3) is 0.765. The van der Waals surface area contributed by atoms with Gasteiger partial charge in [0.05, 0.1) is 11.6 Å². The second-order valence-electron chi connectivity index (χ2n) is 6.35. The Balaban J connectivity index is 0.00000288. The largest absolute Gasteiger partial charge is 0.357 e. The van der Waals surface area contributed by atoms with Crippen molar-refractivity contribution in [1.29, 1.82) is 0 Å². The smallest absolute Gasteiger partial charge is 0.191 e. The molecule has 1 aromatic rings. The Bertz CT molecular complexity index is 483. The van der Waals surface area contributed by atoms with E-state index >= 15 is 0 Å². The van der Waals surface area contributed by atoms with Gasteiger partial charge in [-0.1, -0.05) is 6.92 Å². The van der Waals surface area contributed by atoms with Gasteiger partial charge in [-0.2, -0.15) is 0 Å². The van der Waals surface area contributed by atoms with E-state index in [1.165, 1.54) is 43.8 Å². The average molecular weight is 465 g/mol. The van der Waals surface area contributed by atoms with E-state index in [9.17, 15) is 0 Å². The van der Waals surface area contributed by atoms with Crippen LogP contribution in [0.4, 0.5) is 0 Å². The minimum atomic E-state index is 0. The Labute approximate surface area is 167 Å². The third-order valence-electron chi connectivity index (χ3n) is 4.23. The van der Waals surface area contributed by atoms with Crippen molar-refractivity contribution >= 4 is 41.3 Å². The molecule has 0 saturated carbocycles. The zero-order valence-corrected chi connectivity index (χ0v) is 18.3. The molecule has 1 aliphatic rings. The van der Waals surface area contributed by atoms with E-state index in [4.69, 9.17) is 0 Å². The number of hydrogen-bond acceptors (Lipinski definition) is 4. The summed E-state index contributed by atoms with van der Waals surface area (Å²) in [6.07, 6.45) is 5.79. The predicted molar refractivity (Wildman–Crippen MR) is 115 cm³/mol. The summed E-state index contributed by atoms with van der Waals surface area (Å²) in [7, 11) is 0. The van der Waals surface area contributed by atoms with Gasteiger partial charge in [-0.3, -0.25) is 0 Å². The Morgan fingerprint density at radius 3 is 2.75 bits per heavy atom. The first-order valence-electron chi connectivity index (χ1n) is 8.83. The van der Waals surface area contributed by atoms with E-state index in [0.717, 1.165) is 30.0 Å². The molecule has 1 fully saturated rings. The first-order chi connectivity index (χ1) is 11.2. The van der Waals surface area contributed by atoms with Crippen LogP contribution in [0.25, 0.3) is 0 Å². The van der Waals surface area contributed by atoms with Gasteiger partial charge in [0.15, 0.2) is 5.96 Å². The van der Waals surface area contributed by atoms with Crippen molar-refractivity contribution in [2.75, 3.05) is 32.7 Å². The Hall–Kier alpha value is -0.410. The first-order valence-corrected chi connectivity index (χ1v) is 9.65. The highest BCUT2D eigenvalue weighted by molar-refractivity contribution is 14.0. The lowest BCUT2D eigenvalue weighted by Crippen LogP contribution is -2.39.